The number of para-hydroxylation sites is 1. The highest BCUT2D eigenvalue weighted by molar-refractivity contribution is 9.10. The van der Waals surface area contributed by atoms with Crippen LogP contribution in [0.1, 0.15) is 10.4 Å². The molecule has 0 aliphatic carbocycles. The molecule has 0 unspecified atom stereocenters. The van der Waals surface area contributed by atoms with Gasteiger partial charge in [-0.1, -0.05) is 6.07 Å². The van der Waals surface area contributed by atoms with Crippen LogP contribution in [0.2, 0.25) is 0 Å². The van der Waals surface area contributed by atoms with E-state index in [4.69, 9.17) is 4.74 Å². The van der Waals surface area contributed by atoms with Crippen LogP contribution in [-0.2, 0) is 0 Å². The van der Waals surface area contributed by atoms with E-state index in [1.165, 1.54) is 0 Å². The van der Waals surface area contributed by atoms with Gasteiger partial charge in [0.05, 0.1) is 22.7 Å². The summed E-state index contributed by atoms with van der Waals surface area (Å²) in [6.07, 6.45) is 0. The molecular weight excluding hydrogens is 336 g/mol. The van der Waals surface area contributed by atoms with Gasteiger partial charge >= 0.3 is 5.97 Å². The van der Waals surface area contributed by atoms with Crippen molar-refractivity contribution < 1.29 is 14.6 Å². The van der Waals surface area contributed by atoms with Crippen LogP contribution in [-0.4, -0.2) is 28.2 Å². The lowest BCUT2D eigenvalue weighted by molar-refractivity contribution is 0.0699. The lowest BCUT2D eigenvalue weighted by atomic mass is 10.2. The monoisotopic (exact) mass is 346 g/mol. The first-order chi connectivity index (χ1) is 10.1. The Morgan fingerprint density at radius 1 is 1.33 bits per heavy atom. The van der Waals surface area contributed by atoms with Crippen LogP contribution in [0.4, 0.5) is 0 Å². The summed E-state index contributed by atoms with van der Waals surface area (Å²) in [4.78, 5) is 18.8. The average molecular weight is 347 g/mol. The molecule has 0 saturated heterocycles. The molecule has 2 N–H and O–H groups in total. The molecule has 3 rings (SSSR count). The maximum absolute atomic E-state index is 11.2. The summed E-state index contributed by atoms with van der Waals surface area (Å²) in [5.41, 5.74) is 2.17. The second-order valence-electron chi connectivity index (χ2n) is 4.44. The molecule has 1 heterocycles. The summed E-state index contributed by atoms with van der Waals surface area (Å²) in [5, 5.41) is 9.20. The van der Waals surface area contributed by atoms with Gasteiger partial charge in [-0.2, -0.15) is 0 Å². The molecule has 6 heteroatoms. The Labute approximate surface area is 128 Å². The van der Waals surface area contributed by atoms with E-state index in [0.717, 1.165) is 15.8 Å². The minimum atomic E-state index is -0.991. The minimum Gasteiger partial charge on any atom is -0.496 e. The highest BCUT2D eigenvalue weighted by atomic mass is 79.9. The molecule has 0 atom stereocenters. The summed E-state index contributed by atoms with van der Waals surface area (Å²) < 4.78 is 6.00. The van der Waals surface area contributed by atoms with E-state index in [-0.39, 0.29) is 5.56 Å². The molecule has 1 aromatic heterocycles. The third kappa shape index (κ3) is 2.38. The number of nitrogens with one attached hydrogen (secondary N) is 1. The largest absolute Gasteiger partial charge is 0.496 e. The van der Waals surface area contributed by atoms with Crippen molar-refractivity contribution in [3.63, 3.8) is 0 Å². The number of aromatic nitrogens is 2. The third-order valence-electron chi connectivity index (χ3n) is 3.17. The van der Waals surface area contributed by atoms with Crippen molar-refractivity contribution in [3.05, 3.63) is 46.4 Å². The Morgan fingerprint density at radius 3 is 2.81 bits per heavy atom. The van der Waals surface area contributed by atoms with E-state index in [9.17, 15) is 9.90 Å². The molecule has 0 amide bonds. The van der Waals surface area contributed by atoms with Crippen molar-refractivity contribution in [1.29, 1.82) is 0 Å². The predicted molar refractivity (Wildman–Crippen MR) is 82.7 cm³/mol. The Kier molecular flexibility index (Phi) is 3.39. The zero-order valence-electron chi connectivity index (χ0n) is 11.1. The number of hydrogen-bond donors (Lipinski definition) is 2. The number of benzene rings is 2. The maximum Gasteiger partial charge on any atom is 0.337 e. The first kappa shape index (κ1) is 13.6. The molecular formula is C15H11BrN2O3. The van der Waals surface area contributed by atoms with Crippen molar-refractivity contribution in [2.75, 3.05) is 7.11 Å². The fourth-order valence-electron chi connectivity index (χ4n) is 2.16. The maximum atomic E-state index is 11.2. The van der Waals surface area contributed by atoms with E-state index < -0.39 is 5.97 Å². The van der Waals surface area contributed by atoms with Crippen LogP contribution in [0.15, 0.2) is 40.9 Å². The Morgan fingerprint density at radius 2 is 2.14 bits per heavy atom. The molecule has 3 aromatic rings. The van der Waals surface area contributed by atoms with Crippen LogP contribution >= 0.6 is 15.9 Å². The zero-order valence-corrected chi connectivity index (χ0v) is 12.6. The number of nitrogens with zero attached hydrogens (tertiary/aromatic N) is 1. The van der Waals surface area contributed by atoms with Crippen LogP contribution in [0.25, 0.3) is 22.4 Å². The van der Waals surface area contributed by atoms with Gasteiger partial charge in [-0.05, 0) is 46.3 Å². The van der Waals surface area contributed by atoms with Crippen LogP contribution in [0.3, 0.4) is 0 Å². The fraction of sp³-hybridized carbons (Fsp3) is 0.0667. The minimum absolute atomic E-state index is 0.183. The number of halogens is 1. The number of rotatable bonds is 3. The summed E-state index contributed by atoms with van der Waals surface area (Å²) in [6, 6.07) is 10.6. The van der Waals surface area contributed by atoms with E-state index in [0.29, 0.717) is 16.9 Å². The van der Waals surface area contributed by atoms with Crippen LogP contribution < -0.4 is 4.74 Å². The fourth-order valence-corrected chi connectivity index (χ4v) is 2.70. The van der Waals surface area contributed by atoms with E-state index in [2.05, 4.69) is 25.9 Å². The molecule has 0 aliphatic rings. The van der Waals surface area contributed by atoms with Crippen molar-refractivity contribution >= 4 is 32.9 Å². The highest BCUT2D eigenvalue weighted by Gasteiger charge is 2.14. The number of carboxylic acid groups (broad SMARTS) is 1. The molecule has 0 spiro atoms. The number of carbonyl (C=O) groups is 1. The van der Waals surface area contributed by atoms with Gasteiger partial charge in [0.15, 0.2) is 0 Å². The standard InChI is InChI=1S/C15H11BrN2O3/c1-21-12-6-5-8(7-10(12)16)14-17-11-4-2-3-9(15(19)20)13(11)18-14/h2-7H,1H3,(H,17,18)(H,19,20). The van der Waals surface area contributed by atoms with Gasteiger partial charge in [-0.3, -0.25) is 0 Å². The lowest BCUT2D eigenvalue weighted by Crippen LogP contribution is -1.96. The Hall–Kier alpha value is -2.34. The van der Waals surface area contributed by atoms with E-state index in [1.54, 1.807) is 25.3 Å². The molecule has 106 valence electrons. The molecule has 0 bridgehead atoms. The molecule has 0 saturated carbocycles. The predicted octanol–water partition coefficient (Wildman–Crippen LogP) is 3.70. The SMILES string of the molecule is COc1ccc(-c2nc3c(C(=O)O)cccc3[nH]2)cc1Br. The number of H-pyrrole nitrogens is 1. The molecule has 0 radical (unpaired) electrons. The van der Waals surface area contributed by atoms with Gasteiger partial charge in [0.25, 0.3) is 0 Å². The lowest BCUT2D eigenvalue weighted by Gasteiger charge is -2.04. The number of imidazole rings is 1. The number of carboxylic acids is 1. The number of aromatic carboxylic acids is 1. The average Bonchev–Trinajstić information content (AvgIpc) is 2.90. The summed E-state index contributed by atoms with van der Waals surface area (Å²) in [5.74, 6) is 0.345. The van der Waals surface area contributed by atoms with Crippen molar-refractivity contribution in [3.8, 4) is 17.1 Å². The summed E-state index contributed by atoms with van der Waals surface area (Å²) in [7, 11) is 1.60. The first-order valence-corrected chi connectivity index (χ1v) is 6.95. The third-order valence-corrected chi connectivity index (χ3v) is 3.79. The van der Waals surface area contributed by atoms with Crippen molar-refractivity contribution in [1.82, 2.24) is 9.97 Å². The molecule has 0 fully saturated rings. The first-order valence-electron chi connectivity index (χ1n) is 6.16. The zero-order chi connectivity index (χ0) is 15.0. The molecule has 21 heavy (non-hydrogen) atoms. The summed E-state index contributed by atoms with van der Waals surface area (Å²) in [6.45, 7) is 0. The van der Waals surface area contributed by atoms with E-state index in [1.807, 2.05) is 18.2 Å². The quantitative estimate of drug-likeness (QED) is 0.758. The summed E-state index contributed by atoms with van der Waals surface area (Å²) >= 11 is 3.43. The number of methoxy groups -OCH3 is 1. The smallest absolute Gasteiger partial charge is 0.337 e. The normalized spacial score (nSPS) is 10.8. The van der Waals surface area contributed by atoms with Crippen molar-refractivity contribution in [2.45, 2.75) is 0 Å². The molecule has 5 nitrogen and oxygen atoms in total. The Balaban J connectivity index is 2.15. The molecule has 2 aromatic carbocycles. The number of hydrogen-bond acceptors (Lipinski definition) is 3. The van der Waals surface area contributed by atoms with Crippen LogP contribution in [0, 0.1) is 0 Å². The number of aromatic amines is 1. The van der Waals surface area contributed by atoms with Gasteiger partial charge in [0.2, 0.25) is 0 Å². The van der Waals surface area contributed by atoms with Gasteiger partial charge < -0.3 is 14.8 Å². The molecule has 0 aliphatic heterocycles. The van der Waals surface area contributed by atoms with E-state index >= 15 is 0 Å². The van der Waals surface area contributed by atoms with Crippen molar-refractivity contribution in [2.24, 2.45) is 0 Å². The van der Waals surface area contributed by atoms with Gasteiger partial charge in [0, 0.05) is 5.56 Å². The van der Waals surface area contributed by atoms with Gasteiger partial charge in [-0.25, -0.2) is 9.78 Å². The second kappa shape index (κ2) is 5.21. The second-order valence-corrected chi connectivity index (χ2v) is 5.30. The van der Waals surface area contributed by atoms with Crippen LogP contribution in [0.5, 0.6) is 5.75 Å². The van der Waals surface area contributed by atoms with Gasteiger partial charge in [-0.15, -0.1) is 0 Å². The Bertz CT molecular complexity index is 842. The number of fused-ring (bicyclic) bond motifs is 1. The highest BCUT2D eigenvalue weighted by Crippen LogP contribution is 2.30. The van der Waals surface area contributed by atoms with Gasteiger partial charge in [0.1, 0.15) is 17.1 Å². The number of ether oxygens (including phenoxy) is 1. The topological polar surface area (TPSA) is 75.2 Å².